The van der Waals surface area contributed by atoms with Crippen molar-refractivity contribution >= 4 is 5.97 Å². The van der Waals surface area contributed by atoms with Gasteiger partial charge in [0.15, 0.2) is 5.75 Å². The zero-order valence-electron chi connectivity index (χ0n) is 10.2. The van der Waals surface area contributed by atoms with Crippen LogP contribution in [-0.4, -0.2) is 16.7 Å². The van der Waals surface area contributed by atoms with Gasteiger partial charge in [0.2, 0.25) is 0 Å². The Bertz CT molecular complexity index is 434. The Morgan fingerprint density at radius 1 is 1.22 bits per heavy atom. The van der Waals surface area contributed by atoms with E-state index in [0.29, 0.717) is 5.56 Å². The highest BCUT2D eigenvalue weighted by Crippen LogP contribution is 2.16. The molecule has 0 saturated carbocycles. The van der Waals surface area contributed by atoms with E-state index in [1.165, 1.54) is 24.3 Å². The van der Waals surface area contributed by atoms with Crippen LogP contribution in [0.1, 0.15) is 31.1 Å². The third-order valence-corrected chi connectivity index (χ3v) is 1.68. The number of benzene rings is 1. The number of ether oxygens (including phenoxy) is 1. The normalized spacial score (nSPS) is 10.6. The second-order valence-electron chi connectivity index (χ2n) is 4.41. The molecule has 1 rings (SSSR count). The first kappa shape index (κ1) is 13.8. The molecule has 7 nitrogen and oxygen atoms in total. The molecule has 18 heavy (non-hydrogen) atoms. The first-order valence-electron chi connectivity index (χ1n) is 5.10. The Kier molecular flexibility index (Phi) is 4.09. The van der Waals surface area contributed by atoms with Crippen LogP contribution in [0.3, 0.4) is 0 Å². The molecular formula is C11H13NO6. The molecule has 0 spiro atoms. The average Bonchev–Trinajstić information content (AvgIpc) is 2.24. The smallest absolute Gasteiger partial charge is 0.338 e. The van der Waals surface area contributed by atoms with Crippen molar-refractivity contribution in [2.45, 2.75) is 26.4 Å². The first-order chi connectivity index (χ1) is 8.28. The predicted molar refractivity (Wildman–Crippen MR) is 60.3 cm³/mol. The Morgan fingerprint density at radius 2 is 1.78 bits per heavy atom. The van der Waals surface area contributed by atoms with Crippen molar-refractivity contribution in [1.82, 2.24) is 0 Å². The summed E-state index contributed by atoms with van der Waals surface area (Å²) in [6, 6.07) is 5.57. The quantitative estimate of drug-likeness (QED) is 0.354. The summed E-state index contributed by atoms with van der Waals surface area (Å²) in [5, 5.41) is 8.81. The lowest BCUT2D eigenvalue weighted by Gasteiger charge is -2.19. The fraction of sp³-hybridized carbons (Fsp3) is 0.364. The average molecular weight is 255 g/mol. The summed E-state index contributed by atoms with van der Waals surface area (Å²) in [5.74, 6) is -0.372. The number of carbonyl (C=O) groups excluding carboxylic acids is 1. The topological polar surface area (TPSA) is 87.9 Å². The van der Waals surface area contributed by atoms with E-state index in [1.54, 1.807) is 20.8 Å². The van der Waals surface area contributed by atoms with Gasteiger partial charge in [0.05, 0.1) is 5.56 Å². The second kappa shape index (κ2) is 5.35. The maximum Gasteiger partial charge on any atom is 0.338 e. The Labute approximate surface area is 103 Å². The SMILES string of the molecule is CC(C)(C)OC(=O)c1ccc(OO[N+](=O)[O-])cc1. The maximum atomic E-state index is 11.6. The molecule has 0 aliphatic heterocycles. The van der Waals surface area contributed by atoms with Crippen molar-refractivity contribution < 1.29 is 24.5 Å². The minimum atomic E-state index is -1.08. The van der Waals surface area contributed by atoms with E-state index in [2.05, 4.69) is 9.88 Å². The molecule has 1 aromatic rings. The van der Waals surface area contributed by atoms with Crippen LogP contribution >= 0.6 is 0 Å². The van der Waals surface area contributed by atoms with Gasteiger partial charge in [0.1, 0.15) is 5.60 Å². The number of hydrogen-bond donors (Lipinski definition) is 0. The van der Waals surface area contributed by atoms with Crippen molar-refractivity contribution in [1.29, 1.82) is 0 Å². The van der Waals surface area contributed by atoms with Gasteiger partial charge in [-0.15, -0.1) is 10.1 Å². The minimum Gasteiger partial charge on any atom is -0.456 e. The molecule has 0 N–H and O–H groups in total. The van der Waals surface area contributed by atoms with Crippen molar-refractivity contribution in [3.63, 3.8) is 0 Å². The van der Waals surface area contributed by atoms with Gasteiger partial charge in [0.25, 0.3) is 0 Å². The van der Waals surface area contributed by atoms with E-state index in [-0.39, 0.29) is 5.75 Å². The second-order valence-corrected chi connectivity index (χ2v) is 4.41. The molecule has 0 radical (unpaired) electrons. The predicted octanol–water partition coefficient (Wildman–Crippen LogP) is 2.14. The molecule has 0 unspecified atom stereocenters. The molecule has 98 valence electrons. The van der Waals surface area contributed by atoms with E-state index < -0.39 is 16.7 Å². The third kappa shape index (κ3) is 4.69. The van der Waals surface area contributed by atoms with Crippen molar-refractivity contribution in [2.75, 3.05) is 0 Å². The van der Waals surface area contributed by atoms with Crippen LogP contribution in [0.4, 0.5) is 0 Å². The molecule has 0 aliphatic carbocycles. The molecule has 0 amide bonds. The Balaban J connectivity index is 2.65. The molecule has 0 heterocycles. The summed E-state index contributed by atoms with van der Waals surface area (Å²) in [4.78, 5) is 29.6. The fourth-order valence-corrected chi connectivity index (χ4v) is 1.06. The lowest BCUT2D eigenvalue weighted by molar-refractivity contribution is -0.832. The molecule has 0 bridgehead atoms. The highest BCUT2D eigenvalue weighted by molar-refractivity contribution is 5.89. The molecule has 0 saturated heterocycles. The van der Waals surface area contributed by atoms with Gasteiger partial charge in [-0.1, -0.05) is 4.99 Å². The number of carbonyl (C=O) groups is 1. The van der Waals surface area contributed by atoms with E-state index in [0.717, 1.165) is 0 Å². The zero-order chi connectivity index (χ0) is 13.8. The lowest BCUT2D eigenvalue weighted by atomic mass is 10.1. The molecule has 0 aliphatic rings. The van der Waals surface area contributed by atoms with E-state index in [1.807, 2.05) is 0 Å². The van der Waals surface area contributed by atoms with Gasteiger partial charge in [-0.3, -0.25) is 0 Å². The highest BCUT2D eigenvalue weighted by Gasteiger charge is 2.17. The standard InChI is InChI=1S/C11H13NO6/c1-11(2,3)16-10(13)8-4-6-9(7-5-8)17-18-12(14)15/h4-7H,1-3H3. The molecule has 7 heteroatoms. The van der Waals surface area contributed by atoms with Crippen molar-refractivity contribution in [2.24, 2.45) is 0 Å². The van der Waals surface area contributed by atoms with Crippen LogP contribution in [0.25, 0.3) is 0 Å². The summed E-state index contributed by atoms with van der Waals surface area (Å²) < 4.78 is 5.14. The molecule has 0 atom stereocenters. The van der Waals surface area contributed by atoms with Crippen LogP contribution in [0.2, 0.25) is 0 Å². The molecular weight excluding hydrogens is 242 g/mol. The van der Waals surface area contributed by atoms with Crippen LogP contribution in [-0.2, 0) is 9.73 Å². The number of esters is 1. The molecule has 1 aromatic carbocycles. The largest absolute Gasteiger partial charge is 0.456 e. The van der Waals surface area contributed by atoms with Gasteiger partial charge >= 0.3 is 11.1 Å². The summed E-state index contributed by atoms with van der Waals surface area (Å²) in [7, 11) is 0. The van der Waals surface area contributed by atoms with Gasteiger partial charge in [-0.2, -0.15) is 0 Å². The monoisotopic (exact) mass is 255 g/mol. The van der Waals surface area contributed by atoms with E-state index in [4.69, 9.17) is 4.74 Å². The van der Waals surface area contributed by atoms with Gasteiger partial charge < -0.3 is 9.62 Å². The summed E-state index contributed by atoms with van der Waals surface area (Å²) in [6.45, 7) is 5.27. The summed E-state index contributed by atoms with van der Waals surface area (Å²) >= 11 is 0. The minimum absolute atomic E-state index is 0.110. The van der Waals surface area contributed by atoms with Gasteiger partial charge in [-0.25, -0.2) is 4.79 Å². The molecule has 0 aromatic heterocycles. The van der Waals surface area contributed by atoms with Crippen LogP contribution in [0, 0.1) is 10.1 Å². The Hall–Kier alpha value is -2.31. The number of hydrogen-bond acceptors (Lipinski definition) is 6. The highest BCUT2D eigenvalue weighted by atomic mass is 17.3. The van der Waals surface area contributed by atoms with Crippen LogP contribution in [0.5, 0.6) is 5.75 Å². The zero-order valence-corrected chi connectivity index (χ0v) is 10.2. The summed E-state index contributed by atoms with van der Waals surface area (Å²) in [6.07, 6.45) is 0. The maximum absolute atomic E-state index is 11.6. The fourth-order valence-electron chi connectivity index (χ4n) is 1.06. The Morgan fingerprint density at radius 3 is 2.22 bits per heavy atom. The summed E-state index contributed by atoms with van der Waals surface area (Å²) in [5.41, 5.74) is -0.264. The van der Waals surface area contributed by atoms with Crippen LogP contribution in [0.15, 0.2) is 24.3 Å². The van der Waals surface area contributed by atoms with Crippen LogP contribution < -0.4 is 4.89 Å². The van der Waals surface area contributed by atoms with Gasteiger partial charge in [0, 0.05) is 0 Å². The number of rotatable bonds is 4. The first-order valence-corrected chi connectivity index (χ1v) is 5.10. The molecule has 0 fully saturated rings. The van der Waals surface area contributed by atoms with E-state index in [9.17, 15) is 14.9 Å². The van der Waals surface area contributed by atoms with Crippen molar-refractivity contribution in [3.8, 4) is 5.75 Å². The van der Waals surface area contributed by atoms with E-state index >= 15 is 0 Å². The number of nitrogens with zero attached hydrogens (tertiary/aromatic N) is 1. The lowest BCUT2D eigenvalue weighted by Crippen LogP contribution is -2.23. The van der Waals surface area contributed by atoms with Crippen molar-refractivity contribution in [3.05, 3.63) is 39.9 Å². The van der Waals surface area contributed by atoms with Gasteiger partial charge in [-0.05, 0) is 45.0 Å². The third-order valence-electron chi connectivity index (χ3n) is 1.68.